The lowest BCUT2D eigenvalue weighted by atomic mass is 14.0. The van der Waals surface area contributed by atoms with Crippen molar-refractivity contribution in [2.45, 2.75) is 0 Å². The van der Waals surface area contributed by atoms with E-state index in [9.17, 15) is 8.42 Å². The van der Waals surface area contributed by atoms with Crippen molar-refractivity contribution in [1.29, 1.82) is 0 Å². The molecule has 0 amide bonds. The quantitative estimate of drug-likeness (QED) is 0.0325. The highest BCUT2D eigenvalue weighted by atomic mass is 32.3. The molecule has 0 rings (SSSR count). The van der Waals surface area contributed by atoms with Gasteiger partial charge >= 0.3 is 10.4 Å². The highest BCUT2D eigenvalue weighted by Gasteiger charge is 2.18. The molecule has 0 radical (unpaired) electrons. The standard InChI is InChI=1S/H2O94S/c1-5-7-9-11-13-15-17-19-21-23-25-27-29-31-33-35-37-39-41-43-45-47-49-51-53-55-57-59-61-63-65-67-69-71-73-75-77-79-81-83-85-87-89-91-93-95(3,4)94-92-90-88-86-84-82-80-78-76-74-72-70-68-66-64-62-60-58-56-54-52-50-48-46-44-42-40-38-36-34-32-30-28-26-24-22-20-18-16-14-12-10-8-6-2/h1-2H. The smallest absolute Gasteiger partial charge is 0.219 e. The van der Waals surface area contributed by atoms with Crippen molar-refractivity contribution >= 4 is 10.4 Å². The fourth-order valence-electron chi connectivity index (χ4n) is 1.06. The van der Waals surface area contributed by atoms with E-state index in [1.165, 1.54) is 0 Å². The largest absolute Gasteiger partial charge is 0.457 e. The second-order valence-corrected chi connectivity index (χ2v) is 7.63. The summed E-state index contributed by atoms with van der Waals surface area (Å²) in [5.74, 6) is 0. The Morgan fingerprint density at radius 3 is 0.242 bits per heavy atom. The Bertz CT molecular complexity index is 1290. The average Bonchev–Trinajstić information content (AvgIpc) is 3.47. The van der Waals surface area contributed by atoms with Gasteiger partial charge in [-0.3, -0.25) is 0 Å². The van der Waals surface area contributed by atoms with Crippen LogP contribution in [-0.4, -0.2) is 18.9 Å². The van der Waals surface area contributed by atoms with Gasteiger partial charge in [0, 0.05) is 282 Å². The van der Waals surface area contributed by atoms with Gasteiger partial charge in [0.15, 0.2) is 0 Å². The van der Waals surface area contributed by atoms with E-state index < -0.39 is 10.4 Å². The van der Waals surface area contributed by atoms with Crippen LogP contribution in [0.5, 0.6) is 0 Å². The third-order valence-corrected chi connectivity index (χ3v) is 3.06. The minimum atomic E-state index is -5.35. The van der Waals surface area contributed by atoms with Crippen molar-refractivity contribution in [1.82, 2.24) is 0 Å². The first-order valence-corrected chi connectivity index (χ1v) is 17.0. The van der Waals surface area contributed by atoms with Crippen molar-refractivity contribution in [3.8, 4) is 0 Å². The van der Waals surface area contributed by atoms with Gasteiger partial charge in [-0.25, -0.2) is 10.5 Å². The maximum atomic E-state index is 11.1. The van der Waals surface area contributed by atoms with Crippen molar-refractivity contribution in [3.63, 3.8) is 0 Å². The topological polar surface area (TPSA) is 905 Å². The Balaban J connectivity index is 3.20. The fraction of sp³-hybridized carbons (Fsp3) is 0. The molecule has 0 aromatic rings. The zero-order chi connectivity index (χ0) is 68.1. The molecule has 572 valence electrons. The Hall–Kier alpha value is -3.73. The van der Waals surface area contributed by atoms with Crippen LogP contribution < -0.4 is 0 Å². The minimum Gasteiger partial charge on any atom is -0.219 e. The van der Waals surface area contributed by atoms with Gasteiger partial charge in [0.25, 0.3) is 0 Å². The molecule has 95 heteroatoms. The predicted molar refractivity (Wildman–Crippen MR) is 112 cm³/mol. The van der Waals surface area contributed by atoms with Gasteiger partial charge in [0.1, 0.15) is 0 Å². The summed E-state index contributed by atoms with van der Waals surface area (Å²) in [6.07, 6.45) is 0. The Kier molecular flexibility index (Phi) is 81.2. The van der Waals surface area contributed by atoms with Crippen molar-refractivity contribution < 1.29 is 471 Å². The summed E-state index contributed by atoms with van der Waals surface area (Å²) in [4.78, 5) is 0. The van der Waals surface area contributed by atoms with Gasteiger partial charge in [-0.15, -0.1) is 0 Å². The summed E-state index contributed by atoms with van der Waals surface area (Å²) in [5.41, 5.74) is 0. The molecule has 2 N–H and O–H groups in total. The molecular weight excluding hydrogens is 1540 g/mol. The molecule has 0 spiro atoms. The van der Waals surface area contributed by atoms with Crippen LogP contribution >= 0.6 is 0 Å². The summed E-state index contributed by atoms with van der Waals surface area (Å²) in [6, 6.07) is 0. The van der Waals surface area contributed by atoms with Crippen LogP contribution in [0.25, 0.3) is 0 Å². The Morgan fingerprint density at radius 1 is 0.105 bits per heavy atom. The van der Waals surface area contributed by atoms with E-state index in [0.717, 1.165) is 0 Å². The number of hydrogen-bond donors (Lipinski definition) is 2. The van der Waals surface area contributed by atoms with Gasteiger partial charge in [0.05, 0.1) is 0 Å². The highest BCUT2D eigenvalue weighted by molar-refractivity contribution is 7.81. The van der Waals surface area contributed by atoms with E-state index in [4.69, 9.17) is 10.5 Å². The monoisotopic (exact) mass is 1540 g/mol. The first-order chi connectivity index (χ1) is 47.1. The van der Waals surface area contributed by atoms with E-state index in [-0.39, 0.29) is 0 Å². The fourth-order valence-corrected chi connectivity index (χ4v) is 1.26. The molecule has 0 aromatic carbocycles. The molecule has 0 aliphatic heterocycles. The van der Waals surface area contributed by atoms with E-state index in [2.05, 4.69) is 452 Å². The molecule has 0 aliphatic rings. The average molecular weight is 1540 g/mol. The molecule has 0 aromatic heterocycles. The van der Waals surface area contributed by atoms with E-state index in [1.54, 1.807) is 0 Å². The molecule has 0 saturated heterocycles. The van der Waals surface area contributed by atoms with Crippen LogP contribution in [0.15, 0.2) is 0 Å². The van der Waals surface area contributed by atoms with Gasteiger partial charge in [-0.2, -0.15) is 8.42 Å². The SMILES string of the molecule is O=S(=O)(OOOOOOOOOOOOOOOOOOOOOOOOOOOOOOOOOOOOOOOOOOOOOO)OOOOOOOOOOOOOOOOOOOOOOOOOOOOOOOOOOOOOOOOOOOOOO. The molecule has 94 nitrogen and oxygen atoms in total. The summed E-state index contributed by atoms with van der Waals surface area (Å²) in [6.45, 7) is 0. The normalized spacial score (nSPS) is 12.0. The van der Waals surface area contributed by atoms with Crippen LogP contribution in [0.3, 0.4) is 0 Å². The molecule has 0 fully saturated rings. The van der Waals surface area contributed by atoms with Crippen molar-refractivity contribution in [2.75, 3.05) is 0 Å². The summed E-state index contributed by atoms with van der Waals surface area (Å²) >= 11 is 0. The maximum Gasteiger partial charge on any atom is 0.457 e. The molecule has 0 atom stereocenters. The third-order valence-electron chi connectivity index (χ3n) is 2.62. The predicted octanol–water partition coefficient (Wildman–Crippen LogP) is -6.81. The summed E-state index contributed by atoms with van der Waals surface area (Å²) in [5, 5.41) is 318. The molecule has 0 bridgehead atoms. The molecule has 0 unspecified atom stereocenters. The van der Waals surface area contributed by atoms with Crippen molar-refractivity contribution in [3.05, 3.63) is 0 Å². The van der Waals surface area contributed by atoms with Crippen LogP contribution in [0, 0.1) is 0 Å². The lowest BCUT2D eigenvalue weighted by Crippen LogP contribution is -2.13. The van der Waals surface area contributed by atoms with Gasteiger partial charge < -0.3 is 0 Å². The molecule has 0 saturated carbocycles. The Labute approximate surface area is 483 Å². The van der Waals surface area contributed by atoms with Crippen molar-refractivity contribution in [2.24, 2.45) is 0 Å². The zero-order valence-electron chi connectivity index (χ0n) is 38.9. The van der Waals surface area contributed by atoms with Gasteiger partial charge in [-0.1, -0.05) is 0 Å². The first-order valence-electron chi connectivity index (χ1n) is 15.7. The summed E-state index contributed by atoms with van der Waals surface area (Å²) < 4.78 is 29.0. The lowest BCUT2D eigenvalue weighted by Gasteiger charge is -2.01. The third kappa shape index (κ3) is 86.3. The molecule has 95 heavy (non-hydrogen) atoms. The second kappa shape index (κ2) is 84.5. The van der Waals surface area contributed by atoms with Crippen LogP contribution in [-0.2, 0) is 462 Å². The molecule has 0 heterocycles. The maximum absolute atomic E-state index is 11.1. The van der Waals surface area contributed by atoms with Crippen LogP contribution in [0.2, 0.25) is 0 Å². The Morgan fingerprint density at radius 2 is 0.168 bits per heavy atom. The first kappa shape index (κ1) is 91.3. The minimum absolute atomic E-state index is 2.87. The highest BCUT2D eigenvalue weighted by Crippen LogP contribution is 2.04. The number of hydrogen-bond acceptors (Lipinski definition) is 94. The van der Waals surface area contributed by atoms with Crippen LogP contribution in [0.4, 0.5) is 0 Å². The van der Waals surface area contributed by atoms with Crippen LogP contribution in [0.1, 0.15) is 0 Å². The molecular formula is H2O94S. The summed E-state index contributed by atoms with van der Waals surface area (Å²) in [7, 11) is -5.35. The van der Waals surface area contributed by atoms with E-state index >= 15 is 0 Å². The van der Waals surface area contributed by atoms with E-state index in [0.29, 0.717) is 0 Å². The van der Waals surface area contributed by atoms with Gasteiger partial charge in [0.2, 0.25) is 0 Å². The van der Waals surface area contributed by atoms with Gasteiger partial charge in [-0.05, 0) is 170 Å². The lowest BCUT2D eigenvalue weighted by molar-refractivity contribution is -0.910. The zero-order valence-corrected chi connectivity index (χ0v) is 39.7. The molecule has 0 aliphatic carbocycles. The van der Waals surface area contributed by atoms with E-state index in [1.807, 2.05) is 0 Å². The number of rotatable bonds is 90. The second-order valence-electron chi connectivity index (χ2n) is 6.54.